The van der Waals surface area contributed by atoms with Gasteiger partial charge < -0.3 is 0 Å². The topological polar surface area (TPSA) is 24.7 Å². The number of benzene rings is 9. The van der Waals surface area contributed by atoms with Crippen LogP contribution in [0.2, 0.25) is 0 Å². The number of rotatable bonds is 9. The van der Waals surface area contributed by atoms with E-state index >= 15 is 0 Å². The zero-order chi connectivity index (χ0) is 39.8. The van der Waals surface area contributed by atoms with Crippen molar-refractivity contribution in [3.8, 4) is 66.8 Å². The molecule has 9 aromatic carbocycles. The molecule has 0 unspecified atom stereocenters. The first-order valence-electron chi connectivity index (χ1n) is 20.1. The summed E-state index contributed by atoms with van der Waals surface area (Å²) in [5.41, 5.74) is 17.1. The molecule has 0 N–H and O–H groups in total. The summed E-state index contributed by atoms with van der Waals surface area (Å²) in [6.45, 7) is 2.10. The molecule has 0 bridgehead atoms. The van der Waals surface area contributed by atoms with E-state index in [4.69, 9.17) is 9.98 Å². The molecule has 0 aliphatic heterocycles. The average molecular weight is 755 g/mol. The van der Waals surface area contributed by atoms with Crippen LogP contribution in [0.5, 0.6) is 0 Å². The highest BCUT2D eigenvalue weighted by molar-refractivity contribution is 6.14. The monoisotopic (exact) mass is 754 g/mol. The van der Waals surface area contributed by atoms with Crippen molar-refractivity contribution in [1.82, 2.24) is 0 Å². The van der Waals surface area contributed by atoms with Gasteiger partial charge in [-0.05, 0) is 92.4 Å². The minimum Gasteiger partial charge on any atom is -0.233 e. The molecule has 0 aliphatic rings. The van der Waals surface area contributed by atoms with E-state index in [1.807, 2.05) is 6.07 Å². The van der Waals surface area contributed by atoms with Gasteiger partial charge >= 0.3 is 0 Å². The first kappa shape index (κ1) is 36.9. The SMILES string of the molecule is CC(=NC(=Nc1c(-c2ccccc2)ccc(-c2ccccc2)c1-c1ccccc1)c1ccccc1)c1cc(-c2ccccc2)cc(-c2cccc(-c3ccccc3)c2)c1. The highest BCUT2D eigenvalue weighted by Gasteiger charge is 2.19. The number of hydrogen-bond donors (Lipinski definition) is 0. The summed E-state index contributed by atoms with van der Waals surface area (Å²) in [7, 11) is 0. The van der Waals surface area contributed by atoms with E-state index in [1.54, 1.807) is 0 Å². The second kappa shape index (κ2) is 17.2. The molecule has 0 spiro atoms. The van der Waals surface area contributed by atoms with Gasteiger partial charge in [-0.15, -0.1) is 0 Å². The normalized spacial score (nSPS) is 11.7. The zero-order valence-electron chi connectivity index (χ0n) is 32.9. The van der Waals surface area contributed by atoms with Crippen LogP contribution in [0.25, 0.3) is 66.8 Å². The molecular weight excluding hydrogens is 713 g/mol. The highest BCUT2D eigenvalue weighted by Crippen LogP contribution is 2.46. The van der Waals surface area contributed by atoms with Crippen LogP contribution < -0.4 is 0 Å². The molecule has 0 saturated carbocycles. The van der Waals surface area contributed by atoms with Gasteiger partial charge in [-0.3, -0.25) is 0 Å². The lowest BCUT2D eigenvalue weighted by Crippen LogP contribution is -2.05. The predicted molar refractivity (Wildman–Crippen MR) is 250 cm³/mol. The van der Waals surface area contributed by atoms with Gasteiger partial charge in [0.2, 0.25) is 0 Å². The Balaban J connectivity index is 1.27. The Bertz CT molecular complexity index is 2880. The van der Waals surface area contributed by atoms with E-state index in [-0.39, 0.29) is 0 Å². The van der Waals surface area contributed by atoms with Gasteiger partial charge in [0.15, 0.2) is 5.84 Å². The van der Waals surface area contributed by atoms with Crippen LogP contribution in [-0.2, 0) is 0 Å². The Kier molecular flexibility index (Phi) is 10.8. The molecular formula is C57H42N2. The lowest BCUT2D eigenvalue weighted by Gasteiger charge is -2.18. The van der Waals surface area contributed by atoms with Gasteiger partial charge in [0.05, 0.1) is 5.69 Å². The van der Waals surface area contributed by atoms with E-state index in [2.05, 4.69) is 237 Å². The van der Waals surface area contributed by atoms with Gasteiger partial charge in [0, 0.05) is 22.4 Å². The molecule has 0 fully saturated rings. The quantitative estimate of drug-likeness (QED) is 0.104. The number of hydrogen-bond acceptors (Lipinski definition) is 1. The molecule has 0 atom stereocenters. The fourth-order valence-corrected chi connectivity index (χ4v) is 7.69. The maximum Gasteiger partial charge on any atom is 0.160 e. The molecule has 2 heteroatoms. The second-order valence-electron chi connectivity index (χ2n) is 14.6. The summed E-state index contributed by atoms with van der Waals surface area (Å²) < 4.78 is 0. The van der Waals surface area contributed by atoms with Crippen molar-refractivity contribution in [2.24, 2.45) is 9.98 Å². The molecule has 0 radical (unpaired) electrons. The summed E-state index contributed by atoms with van der Waals surface area (Å²) in [4.78, 5) is 11.2. The van der Waals surface area contributed by atoms with Crippen molar-refractivity contribution in [2.45, 2.75) is 6.92 Å². The lowest BCUT2D eigenvalue weighted by atomic mass is 9.89. The number of aliphatic imine (C=N–C) groups is 2. The van der Waals surface area contributed by atoms with Crippen molar-refractivity contribution in [3.63, 3.8) is 0 Å². The Labute approximate surface area is 347 Å². The van der Waals surface area contributed by atoms with Gasteiger partial charge in [0.1, 0.15) is 0 Å². The van der Waals surface area contributed by atoms with Gasteiger partial charge in [-0.2, -0.15) is 0 Å². The molecule has 9 aromatic rings. The number of nitrogens with zero attached hydrogens (tertiary/aromatic N) is 2. The maximum absolute atomic E-state index is 5.67. The summed E-state index contributed by atoms with van der Waals surface area (Å²) >= 11 is 0. The van der Waals surface area contributed by atoms with Crippen LogP contribution in [0.1, 0.15) is 18.1 Å². The Hall–Kier alpha value is -7.68. The first-order chi connectivity index (χ1) is 29.2. The van der Waals surface area contributed by atoms with Crippen molar-refractivity contribution >= 4 is 17.2 Å². The smallest absolute Gasteiger partial charge is 0.160 e. The fraction of sp³-hybridized carbons (Fsp3) is 0.0175. The third kappa shape index (κ3) is 8.25. The zero-order valence-corrected chi connectivity index (χ0v) is 32.9. The molecule has 0 aliphatic carbocycles. The predicted octanol–water partition coefficient (Wildman–Crippen LogP) is 15.3. The minimum absolute atomic E-state index is 0.639. The standard InChI is InChI=1S/C57H42N2/c1-41(50-38-51(43-23-10-3-11-24-43)40-52(39-50)49-34-20-33-48(37-49)42-21-8-2-9-22-42)58-57(47-31-18-7-19-32-47)59-56-54(45-27-14-5-15-28-45)36-35-53(44-25-12-4-13-26-44)55(56)46-29-16-6-17-30-46/h2-40H,1H3. The van der Waals surface area contributed by atoms with Crippen LogP contribution >= 0.6 is 0 Å². The van der Waals surface area contributed by atoms with Crippen molar-refractivity contribution in [1.29, 1.82) is 0 Å². The minimum atomic E-state index is 0.639. The van der Waals surface area contributed by atoms with Crippen LogP contribution in [0.4, 0.5) is 5.69 Å². The molecule has 59 heavy (non-hydrogen) atoms. The molecule has 9 rings (SSSR count). The molecule has 280 valence electrons. The summed E-state index contributed by atoms with van der Waals surface area (Å²) in [5.74, 6) is 0.639. The fourth-order valence-electron chi connectivity index (χ4n) is 7.69. The molecule has 0 amide bonds. The molecule has 0 saturated heterocycles. The van der Waals surface area contributed by atoms with Crippen molar-refractivity contribution < 1.29 is 0 Å². The third-order valence-electron chi connectivity index (χ3n) is 10.7. The molecule has 2 nitrogen and oxygen atoms in total. The molecule has 0 heterocycles. The number of amidine groups is 1. The van der Waals surface area contributed by atoms with E-state index in [0.29, 0.717) is 5.84 Å². The summed E-state index contributed by atoms with van der Waals surface area (Å²) in [5, 5.41) is 0. The van der Waals surface area contributed by atoms with Crippen LogP contribution in [0.3, 0.4) is 0 Å². The highest BCUT2D eigenvalue weighted by atomic mass is 14.9. The Morgan fingerprint density at radius 3 is 1.25 bits per heavy atom. The summed E-state index contributed by atoms with van der Waals surface area (Å²) in [6.07, 6.45) is 0. The Morgan fingerprint density at radius 1 is 0.305 bits per heavy atom. The van der Waals surface area contributed by atoms with Crippen LogP contribution in [0.15, 0.2) is 247 Å². The average Bonchev–Trinajstić information content (AvgIpc) is 3.32. The van der Waals surface area contributed by atoms with E-state index in [9.17, 15) is 0 Å². The van der Waals surface area contributed by atoms with Crippen LogP contribution in [0, 0.1) is 0 Å². The second-order valence-corrected chi connectivity index (χ2v) is 14.6. The largest absolute Gasteiger partial charge is 0.233 e. The van der Waals surface area contributed by atoms with E-state index in [1.165, 1.54) is 11.1 Å². The summed E-state index contributed by atoms with van der Waals surface area (Å²) in [6, 6.07) is 83.3. The Morgan fingerprint density at radius 2 is 0.695 bits per heavy atom. The van der Waals surface area contributed by atoms with Crippen molar-refractivity contribution in [2.75, 3.05) is 0 Å². The van der Waals surface area contributed by atoms with E-state index < -0.39 is 0 Å². The van der Waals surface area contributed by atoms with Gasteiger partial charge in [0.25, 0.3) is 0 Å². The third-order valence-corrected chi connectivity index (χ3v) is 10.7. The van der Waals surface area contributed by atoms with E-state index in [0.717, 1.165) is 78.2 Å². The molecule has 0 aromatic heterocycles. The van der Waals surface area contributed by atoms with Gasteiger partial charge in [-0.25, -0.2) is 9.98 Å². The van der Waals surface area contributed by atoms with Crippen molar-refractivity contribution in [3.05, 3.63) is 248 Å². The maximum atomic E-state index is 5.67. The van der Waals surface area contributed by atoms with Crippen LogP contribution in [-0.4, -0.2) is 11.5 Å². The van der Waals surface area contributed by atoms with Gasteiger partial charge in [-0.1, -0.05) is 212 Å². The first-order valence-corrected chi connectivity index (χ1v) is 20.1. The lowest BCUT2D eigenvalue weighted by molar-refractivity contribution is 1.42.